The van der Waals surface area contributed by atoms with Crippen molar-refractivity contribution >= 4 is 5.91 Å². The first-order chi connectivity index (χ1) is 16.7. The van der Waals surface area contributed by atoms with Crippen LogP contribution in [0.4, 0.5) is 0 Å². The van der Waals surface area contributed by atoms with Crippen LogP contribution in [0.3, 0.4) is 0 Å². The summed E-state index contributed by atoms with van der Waals surface area (Å²) in [5.41, 5.74) is 3.41. The van der Waals surface area contributed by atoms with Crippen molar-refractivity contribution in [2.24, 2.45) is 0 Å². The largest absolute Gasteiger partial charge is 0.497 e. The summed E-state index contributed by atoms with van der Waals surface area (Å²) in [6.07, 6.45) is 6.91. The molecule has 4 aromatic rings. The molecule has 34 heavy (non-hydrogen) atoms. The number of aryl methyl sites for hydroxylation is 2. The van der Waals surface area contributed by atoms with E-state index in [4.69, 9.17) is 4.74 Å². The van der Waals surface area contributed by atoms with Crippen molar-refractivity contribution in [3.05, 3.63) is 90.0 Å². The van der Waals surface area contributed by atoms with Gasteiger partial charge in [0.1, 0.15) is 5.75 Å². The van der Waals surface area contributed by atoms with E-state index >= 15 is 0 Å². The predicted octanol–water partition coefficient (Wildman–Crippen LogP) is 4.65. The molecule has 1 amide bonds. The average molecular weight is 456 g/mol. The fraction of sp³-hybridized carbons (Fsp3) is 0.259. The molecular formula is C27H29N5O2. The van der Waals surface area contributed by atoms with Gasteiger partial charge in [0.05, 0.1) is 24.6 Å². The lowest BCUT2D eigenvalue weighted by atomic mass is 10.1. The molecule has 174 valence electrons. The van der Waals surface area contributed by atoms with Crippen molar-refractivity contribution in [1.29, 1.82) is 0 Å². The van der Waals surface area contributed by atoms with Gasteiger partial charge >= 0.3 is 0 Å². The van der Waals surface area contributed by atoms with Crippen LogP contribution in [-0.2, 0) is 12.8 Å². The molecule has 0 fully saturated rings. The number of methoxy groups -OCH3 is 1. The minimum Gasteiger partial charge on any atom is -0.497 e. The SMILES string of the molecule is CCc1nc(-c2ccc(OC)cc2)n(-c2cncc(C(=O)NCCCCc3ccccc3)c2)n1. The van der Waals surface area contributed by atoms with Crippen molar-refractivity contribution in [3.63, 3.8) is 0 Å². The zero-order valence-corrected chi connectivity index (χ0v) is 19.6. The zero-order valence-electron chi connectivity index (χ0n) is 19.6. The van der Waals surface area contributed by atoms with Crippen molar-refractivity contribution in [3.8, 4) is 22.8 Å². The molecule has 0 spiro atoms. The minimum atomic E-state index is -0.143. The number of carbonyl (C=O) groups is 1. The van der Waals surface area contributed by atoms with E-state index in [0.29, 0.717) is 30.0 Å². The summed E-state index contributed by atoms with van der Waals surface area (Å²) < 4.78 is 7.00. The van der Waals surface area contributed by atoms with E-state index in [1.54, 1.807) is 30.3 Å². The summed E-state index contributed by atoms with van der Waals surface area (Å²) in [6, 6.07) is 19.8. The summed E-state index contributed by atoms with van der Waals surface area (Å²) in [5.74, 6) is 2.05. The number of pyridine rings is 1. The Morgan fingerprint density at radius 3 is 2.56 bits per heavy atom. The summed E-state index contributed by atoms with van der Waals surface area (Å²) in [6.45, 7) is 2.63. The number of carbonyl (C=O) groups excluding carboxylic acids is 1. The van der Waals surface area contributed by atoms with Crippen molar-refractivity contribution in [1.82, 2.24) is 25.1 Å². The maximum Gasteiger partial charge on any atom is 0.252 e. The van der Waals surface area contributed by atoms with Gasteiger partial charge in [0.15, 0.2) is 11.6 Å². The van der Waals surface area contributed by atoms with Crippen molar-refractivity contribution in [2.75, 3.05) is 13.7 Å². The van der Waals surface area contributed by atoms with E-state index in [2.05, 4.69) is 44.6 Å². The minimum absolute atomic E-state index is 0.143. The normalized spacial score (nSPS) is 10.8. The quantitative estimate of drug-likeness (QED) is 0.352. The Balaban J connectivity index is 1.44. The molecule has 0 aliphatic rings. The Bertz CT molecular complexity index is 1220. The number of benzene rings is 2. The molecule has 0 atom stereocenters. The van der Waals surface area contributed by atoms with Gasteiger partial charge in [-0.1, -0.05) is 37.3 Å². The van der Waals surface area contributed by atoms with Gasteiger partial charge in [0.2, 0.25) is 0 Å². The van der Waals surface area contributed by atoms with E-state index in [1.165, 1.54) is 5.56 Å². The molecule has 7 heteroatoms. The lowest BCUT2D eigenvalue weighted by Gasteiger charge is -2.09. The molecule has 0 bridgehead atoms. The van der Waals surface area contributed by atoms with Crippen LogP contribution in [-0.4, -0.2) is 39.3 Å². The lowest BCUT2D eigenvalue weighted by molar-refractivity contribution is 0.0952. The third-order valence-electron chi connectivity index (χ3n) is 5.57. The number of hydrogen-bond acceptors (Lipinski definition) is 5. The number of aromatic nitrogens is 4. The summed E-state index contributed by atoms with van der Waals surface area (Å²) >= 11 is 0. The van der Waals surface area contributed by atoms with Crippen molar-refractivity contribution in [2.45, 2.75) is 32.6 Å². The average Bonchev–Trinajstić information content (AvgIpc) is 3.34. The van der Waals surface area contributed by atoms with Gasteiger partial charge in [-0.15, -0.1) is 0 Å². The topological polar surface area (TPSA) is 81.9 Å². The molecule has 1 N–H and O–H groups in total. The van der Waals surface area contributed by atoms with Crippen LogP contribution in [0.2, 0.25) is 0 Å². The molecule has 2 aromatic heterocycles. The summed E-state index contributed by atoms with van der Waals surface area (Å²) in [7, 11) is 1.64. The van der Waals surface area contributed by atoms with Crippen LogP contribution >= 0.6 is 0 Å². The first-order valence-electron chi connectivity index (χ1n) is 11.6. The van der Waals surface area contributed by atoms with Gasteiger partial charge in [-0.25, -0.2) is 9.67 Å². The van der Waals surface area contributed by atoms with E-state index in [1.807, 2.05) is 37.3 Å². The molecule has 2 aromatic carbocycles. The Hall–Kier alpha value is -4.00. The molecule has 0 unspecified atom stereocenters. The monoisotopic (exact) mass is 455 g/mol. The molecule has 2 heterocycles. The van der Waals surface area contributed by atoms with Crippen LogP contribution in [0.15, 0.2) is 73.1 Å². The molecule has 0 aliphatic carbocycles. The second-order valence-electron chi connectivity index (χ2n) is 7.98. The van der Waals surface area contributed by atoms with Crippen molar-refractivity contribution < 1.29 is 9.53 Å². The van der Waals surface area contributed by atoms with Crippen LogP contribution in [0.5, 0.6) is 5.75 Å². The van der Waals surface area contributed by atoms with Gasteiger partial charge in [0.25, 0.3) is 5.91 Å². The lowest BCUT2D eigenvalue weighted by Crippen LogP contribution is -2.24. The smallest absolute Gasteiger partial charge is 0.252 e. The molecule has 7 nitrogen and oxygen atoms in total. The van der Waals surface area contributed by atoms with Gasteiger partial charge in [-0.05, 0) is 55.2 Å². The number of amides is 1. The highest BCUT2D eigenvalue weighted by Gasteiger charge is 2.15. The van der Waals surface area contributed by atoms with Crippen LogP contribution in [0, 0.1) is 0 Å². The zero-order chi connectivity index (χ0) is 23.8. The number of hydrogen-bond donors (Lipinski definition) is 1. The molecule has 0 saturated heterocycles. The molecule has 0 saturated carbocycles. The standard InChI is InChI=1S/C27H29N5O2/c1-3-25-30-26(21-12-14-24(34-2)15-13-21)32(31-25)23-17-22(18-28-19-23)27(33)29-16-8-7-11-20-9-5-4-6-10-20/h4-6,9-10,12-15,17-19H,3,7-8,11,16H2,1-2H3,(H,29,33). The second kappa shape index (κ2) is 11.2. The Labute approximate surface area is 199 Å². The number of unbranched alkanes of at least 4 members (excludes halogenated alkanes) is 1. The third kappa shape index (κ3) is 5.67. The first kappa shape index (κ1) is 23.2. The maximum atomic E-state index is 12.7. The second-order valence-corrected chi connectivity index (χ2v) is 7.98. The number of nitrogens with one attached hydrogen (secondary N) is 1. The summed E-state index contributed by atoms with van der Waals surface area (Å²) in [4.78, 5) is 21.7. The number of nitrogens with zero attached hydrogens (tertiary/aromatic N) is 4. The van der Waals surface area contributed by atoms with E-state index in [9.17, 15) is 4.79 Å². The van der Waals surface area contributed by atoms with Gasteiger partial charge < -0.3 is 10.1 Å². The summed E-state index contributed by atoms with van der Waals surface area (Å²) in [5, 5.41) is 7.64. The third-order valence-corrected chi connectivity index (χ3v) is 5.57. The van der Waals surface area contributed by atoms with Gasteiger partial charge in [-0.2, -0.15) is 5.10 Å². The highest BCUT2D eigenvalue weighted by atomic mass is 16.5. The molecule has 0 aliphatic heterocycles. The molecule has 0 radical (unpaired) electrons. The van der Waals surface area contributed by atoms with Crippen LogP contribution in [0.1, 0.15) is 41.5 Å². The van der Waals surface area contributed by atoms with Gasteiger partial charge in [-0.3, -0.25) is 9.78 Å². The highest BCUT2D eigenvalue weighted by Crippen LogP contribution is 2.24. The molecule has 4 rings (SSSR count). The van der Waals surface area contributed by atoms with E-state index < -0.39 is 0 Å². The van der Waals surface area contributed by atoms with Crippen LogP contribution < -0.4 is 10.1 Å². The van der Waals surface area contributed by atoms with E-state index in [-0.39, 0.29) is 5.91 Å². The fourth-order valence-corrected chi connectivity index (χ4v) is 3.68. The number of ether oxygens (including phenoxy) is 1. The Kier molecular flexibility index (Phi) is 7.65. The Morgan fingerprint density at radius 2 is 1.82 bits per heavy atom. The van der Waals surface area contributed by atoms with E-state index in [0.717, 1.165) is 36.4 Å². The number of rotatable bonds is 10. The Morgan fingerprint density at radius 1 is 1.03 bits per heavy atom. The predicted molar refractivity (Wildman–Crippen MR) is 132 cm³/mol. The first-order valence-corrected chi connectivity index (χ1v) is 11.6. The molecular weight excluding hydrogens is 426 g/mol. The maximum absolute atomic E-state index is 12.7. The highest BCUT2D eigenvalue weighted by molar-refractivity contribution is 5.94. The van der Waals surface area contributed by atoms with Gasteiger partial charge in [0, 0.05) is 24.7 Å². The van der Waals surface area contributed by atoms with Crippen LogP contribution in [0.25, 0.3) is 17.1 Å². The fourth-order valence-electron chi connectivity index (χ4n) is 3.68.